The van der Waals surface area contributed by atoms with Crippen molar-refractivity contribution in [2.45, 2.75) is 39.2 Å². The van der Waals surface area contributed by atoms with Crippen molar-refractivity contribution in [3.8, 4) is 0 Å². The minimum atomic E-state index is 0.453. The van der Waals surface area contributed by atoms with Crippen LogP contribution < -0.4 is 5.32 Å². The van der Waals surface area contributed by atoms with Crippen LogP contribution in [0.4, 0.5) is 0 Å². The van der Waals surface area contributed by atoms with E-state index in [4.69, 9.17) is 0 Å². The Kier molecular flexibility index (Phi) is 5.21. The van der Waals surface area contributed by atoms with E-state index in [1.807, 2.05) is 0 Å². The van der Waals surface area contributed by atoms with Crippen molar-refractivity contribution in [3.63, 3.8) is 0 Å². The highest BCUT2D eigenvalue weighted by molar-refractivity contribution is 5.24. The molecule has 0 radical (unpaired) electrons. The molecule has 2 heteroatoms. The standard InChI is InChI=1S/C16H26N2/c1-14-7-6-8-16(13-14)15(2)17-9-12-18-10-4-3-5-11-18/h6-8,13,15,17H,3-5,9-12H2,1-2H3. The van der Waals surface area contributed by atoms with Crippen molar-refractivity contribution in [2.24, 2.45) is 0 Å². The van der Waals surface area contributed by atoms with Crippen molar-refractivity contribution < 1.29 is 0 Å². The molecule has 2 nitrogen and oxygen atoms in total. The molecule has 1 fully saturated rings. The Labute approximate surface area is 111 Å². The third kappa shape index (κ3) is 4.11. The molecule has 100 valence electrons. The summed E-state index contributed by atoms with van der Waals surface area (Å²) < 4.78 is 0. The van der Waals surface area contributed by atoms with Gasteiger partial charge in [0.1, 0.15) is 0 Å². The minimum Gasteiger partial charge on any atom is -0.309 e. The third-order valence-electron chi connectivity index (χ3n) is 3.87. The molecule has 1 unspecified atom stereocenters. The Morgan fingerprint density at radius 2 is 2.00 bits per heavy atom. The summed E-state index contributed by atoms with van der Waals surface area (Å²) in [4.78, 5) is 2.58. The summed E-state index contributed by atoms with van der Waals surface area (Å²) >= 11 is 0. The number of piperidine rings is 1. The van der Waals surface area contributed by atoms with E-state index < -0.39 is 0 Å². The molecule has 1 aromatic rings. The van der Waals surface area contributed by atoms with Crippen molar-refractivity contribution >= 4 is 0 Å². The minimum absolute atomic E-state index is 0.453. The van der Waals surface area contributed by atoms with Gasteiger partial charge >= 0.3 is 0 Å². The molecular formula is C16H26N2. The Bertz CT molecular complexity index is 356. The van der Waals surface area contributed by atoms with Crippen LogP contribution in [0.2, 0.25) is 0 Å². The van der Waals surface area contributed by atoms with Crippen LogP contribution in [-0.4, -0.2) is 31.1 Å². The van der Waals surface area contributed by atoms with Crippen LogP contribution in [0.1, 0.15) is 43.4 Å². The molecule has 0 aliphatic carbocycles. The highest BCUT2D eigenvalue weighted by Gasteiger charge is 2.10. The van der Waals surface area contributed by atoms with Crippen molar-refractivity contribution in [1.29, 1.82) is 0 Å². The smallest absolute Gasteiger partial charge is 0.0292 e. The molecule has 1 aromatic carbocycles. The van der Waals surface area contributed by atoms with E-state index in [0.717, 1.165) is 6.54 Å². The van der Waals surface area contributed by atoms with Gasteiger partial charge in [-0.3, -0.25) is 0 Å². The van der Waals surface area contributed by atoms with Gasteiger partial charge < -0.3 is 10.2 Å². The number of nitrogens with one attached hydrogen (secondary N) is 1. The van der Waals surface area contributed by atoms with Gasteiger partial charge in [0.25, 0.3) is 0 Å². The maximum atomic E-state index is 3.63. The number of nitrogens with zero attached hydrogens (tertiary/aromatic N) is 1. The van der Waals surface area contributed by atoms with E-state index in [9.17, 15) is 0 Å². The Hall–Kier alpha value is -0.860. The fourth-order valence-corrected chi connectivity index (χ4v) is 2.68. The van der Waals surface area contributed by atoms with Crippen LogP contribution in [-0.2, 0) is 0 Å². The Balaban J connectivity index is 1.72. The number of likely N-dealkylation sites (tertiary alicyclic amines) is 1. The van der Waals surface area contributed by atoms with E-state index in [-0.39, 0.29) is 0 Å². The van der Waals surface area contributed by atoms with Gasteiger partial charge in [-0.1, -0.05) is 36.2 Å². The second-order valence-corrected chi connectivity index (χ2v) is 5.49. The van der Waals surface area contributed by atoms with Crippen molar-refractivity contribution in [3.05, 3.63) is 35.4 Å². The van der Waals surface area contributed by atoms with Gasteiger partial charge in [-0.2, -0.15) is 0 Å². The molecule has 1 N–H and O–H groups in total. The monoisotopic (exact) mass is 246 g/mol. The molecule has 1 atom stereocenters. The molecule has 1 aliphatic rings. The van der Waals surface area contributed by atoms with E-state index in [1.165, 1.54) is 50.0 Å². The van der Waals surface area contributed by atoms with Crippen LogP contribution >= 0.6 is 0 Å². The SMILES string of the molecule is Cc1cccc(C(C)NCCN2CCCCC2)c1. The van der Waals surface area contributed by atoms with Crippen LogP contribution in [0.25, 0.3) is 0 Å². The summed E-state index contributed by atoms with van der Waals surface area (Å²) in [6.45, 7) is 9.28. The fourth-order valence-electron chi connectivity index (χ4n) is 2.68. The van der Waals surface area contributed by atoms with E-state index >= 15 is 0 Å². The number of rotatable bonds is 5. The van der Waals surface area contributed by atoms with Gasteiger partial charge in [-0.15, -0.1) is 0 Å². The van der Waals surface area contributed by atoms with Crippen LogP contribution in [0.15, 0.2) is 24.3 Å². The summed E-state index contributed by atoms with van der Waals surface area (Å²) in [5, 5.41) is 3.63. The lowest BCUT2D eigenvalue weighted by Gasteiger charge is -2.27. The van der Waals surface area contributed by atoms with Gasteiger partial charge in [-0.05, 0) is 45.3 Å². The number of aryl methyl sites for hydroxylation is 1. The van der Waals surface area contributed by atoms with Gasteiger partial charge in [0.2, 0.25) is 0 Å². The lowest BCUT2D eigenvalue weighted by atomic mass is 10.1. The van der Waals surface area contributed by atoms with Gasteiger partial charge in [0.15, 0.2) is 0 Å². The normalized spacial score (nSPS) is 18.8. The highest BCUT2D eigenvalue weighted by Crippen LogP contribution is 2.13. The molecule has 0 aromatic heterocycles. The summed E-state index contributed by atoms with van der Waals surface area (Å²) in [6.07, 6.45) is 4.19. The van der Waals surface area contributed by atoms with Crippen LogP contribution in [0.5, 0.6) is 0 Å². The van der Waals surface area contributed by atoms with Crippen LogP contribution in [0, 0.1) is 6.92 Å². The largest absolute Gasteiger partial charge is 0.309 e. The zero-order chi connectivity index (χ0) is 12.8. The second kappa shape index (κ2) is 6.91. The van der Waals surface area contributed by atoms with Crippen LogP contribution in [0.3, 0.4) is 0 Å². The summed E-state index contributed by atoms with van der Waals surface area (Å²) in [7, 11) is 0. The highest BCUT2D eigenvalue weighted by atomic mass is 15.1. The fraction of sp³-hybridized carbons (Fsp3) is 0.625. The lowest BCUT2D eigenvalue weighted by Crippen LogP contribution is -2.36. The maximum Gasteiger partial charge on any atom is 0.0292 e. The van der Waals surface area contributed by atoms with E-state index in [1.54, 1.807) is 0 Å². The third-order valence-corrected chi connectivity index (χ3v) is 3.87. The summed E-state index contributed by atoms with van der Waals surface area (Å²) in [5.41, 5.74) is 2.74. The Morgan fingerprint density at radius 1 is 1.22 bits per heavy atom. The van der Waals surface area contributed by atoms with Gasteiger partial charge in [0, 0.05) is 19.1 Å². The topological polar surface area (TPSA) is 15.3 Å². The molecule has 0 amide bonds. The van der Waals surface area contributed by atoms with Gasteiger partial charge in [0.05, 0.1) is 0 Å². The predicted octanol–water partition coefficient (Wildman–Crippen LogP) is 3.13. The number of hydrogen-bond donors (Lipinski definition) is 1. The van der Waals surface area contributed by atoms with Gasteiger partial charge in [-0.25, -0.2) is 0 Å². The lowest BCUT2D eigenvalue weighted by molar-refractivity contribution is 0.227. The molecule has 1 aliphatic heterocycles. The quantitative estimate of drug-likeness (QED) is 0.858. The molecular weight excluding hydrogens is 220 g/mol. The Morgan fingerprint density at radius 3 is 2.72 bits per heavy atom. The second-order valence-electron chi connectivity index (χ2n) is 5.49. The predicted molar refractivity (Wildman–Crippen MR) is 77.9 cm³/mol. The number of benzene rings is 1. The number of hydrogen-bond acceptors (Lipinski definition) is 2. The van der Waals surface area contributed by atoms with E-state index in [0.29, 0.717) is 6.04 Å². The molecule has 0 bridgehead atoms. The zero-order valence-corrected chi connectivity index (χ0v) is 11.8. The first-order chi connectivity index (χ1) is 8.75. The molecule has 1 saturated heterocycles. The zero-order valence-electron chi connectivity index (χ0n) is 11.8. The van der Waals surface area contributed by atoms with Crippen molar-refractivity contribution in [2.75, 3.05) is 26.2 Å². The molecule has 2 rings (SSSR count). The maximum absolute atomic E-state index is 3.63. The molecule has 18 heavy (non-hydrogen) atoms. The molecule has 1 heterocycles. The molecule has 0 spiro atoms. The first kappa shape index (κ1) is 13.6. The van der Waals surface area contributed by atoms with E-state index in [2.05, 4.69) is 48.3 Å². The summed E-state index contributed by atoms with van der Waals surface area (Å²) in [5.74, 6) is 0. The van der Waals surface area contributed by atoms with Crippen molar-refractivity contribution in [1.82, 2.24) is 10.2 Å². The summed E-state index contributed by atoms with van der Waals surface area (Å²) in [6, 6.07) is 9.25. The average Bonchev–Trinajstić information content (AvgIpc) is 2.40. The average molecular weight is 246 g/mol. The first-order valence-electron chi connectivity index (χ1n) is 7.28. The first-order valence-corrected chi connectivity index (χ1v) is 7.28. The molecule has 0 saturated carbocycles.